The third kappa shape index (κ3) is 3.08. The van der Waals surface area contributed by atoms with Crippen molar-refractivity contribution in [2.24, 2.45) is 0 Å². The lowest BCUT2D eigenvalue weighted by Gasteiger charge is -2.14. The number of H-pyrrole nitrogens is 2. The van der Waals surface area contributed by atoms with Gasteiger partial charge in [0.1, 0.15) is 16.5 Å². The fourth-order valence-electron chi connectivity index (χ4n) is 3.04. The van der Waals surface area contributed by atoms with Crippen molar-refractivity contribution in [3.05, 3.63) is 56.7 Å². The third-order valence-corrected chi connectivity index (χ3v) is 5.12. The molecular weight excluding hydrogens is 334 g/mol. The summed E-state index contributed by atoms with van der Waals surface area (Å²) in [7, 11) is 1.99. The van der Waals surface area contributed by atoms with Crippen LogP contribution in [0.2, 0.25) is 0 Å². The molecule has 0 amide bonds. The van der Waals surface area contributed by atoms with E-state index in [1.807, 2.05) is 32.2 Å². The largest absolute Gasteiger partial charge is 0.341 e. The minimum Gasteiger partial charge on any atom is -0.341 e. The van der Waals surface area contributed by atoms with Gasteiger partial charge in [-0.2, -0.15) is 0 Å². The van der Waals surface area contributed by atoms with E-state index in [1.54, 1.807) is 11.3 Å². The van der Waals surface area contributed by atoms with E-state index >= 15 is 0 Å². The summed E-state index contributed by atoms with van der Waals surface area (Å²) in [5, 5.41) is 0.668. The third-order valence-electron chi connectivity index (χ3n) is 4.18. The highest BCUT2D eigenvalue weighted by Gasteiger charge is 2.11. The Morgan fingerprint density at radius 3 is 2.64 bits per heavy atom. The van der Waals surface area contributed by atoms with Crippen LogP contribution in [0.1, 0.15) is 22.1 Å². The zero-order valence-electron chi connectivity index (χ0n) is 14.4. The molecule has 0 atom stereocenters. The minimum absolute atomic E-state index is 0.0721. The lowest BCUT2D eigenvalue weighted by Crippen LogP contribution is -2.22. The Bertz CT molecular complexity index is 1120. The molecule has 0 saturated carbocycles. The van der Waals surface area contributed by atoms with E-state index in [4.69, 9.17) is 0 Å². The summed E-state index contributed by atoms with van der Waals surface area (Å²) >= 11 is 1.55. The number of imidazole rings is 1. The van der Waals surface area contributed by atoms with Crippen molar-refractivity contribution in [2.75, 3.05) is 7.05 Å². The smallest absolute Gasteiger partial charge is 0.259 e. The minimum atomic E-state index is -0.0721. The van der Waals surface area contributed by atoms with Crippen molar-refractivity contribution >= 4 is 32.6 Å². The van der Waals surface area contributed by atoms with E-state index in [2.05, 4.69) is 37.8 Å². The quantitative estimate of drug-likeness (QED) is 0.591. The predicted molar refractivity (Wildman–Crippen MR) is 101 cm³/mol. The van der Waals surface area contributed by atoms with Gasteiger partial charge in [-0.3, -0.25) is 9.69 Å². The number of nitrogens with zero attached hydrogens (tertiary/aromatic N) is 3. The molecule has 1 aromatic carbocycles. The first-order valence-corrected chi connectivity index (χ1v) is 8.93. The molecule has 2 N–H and O–H groups in total. The molecule has 0 saturated heterocycles. The van der Waals surface area contributed by atoms with Crippen LogP contribution in [-0.2, 0) is 13.1 Å². The van der Waals surface area contributed by atoms with Crippen LogP contribution < -0.4 is 5.56 Å². The molecule has 0 aliphatic heterocycles. The van der Waals surface area contributed by atoms with Gasteiger partial charge in [0.25, 0.3) is 5.56 Å². The summed E-state index contributed by atoms with van der Waals surface area (Å²) in [6.07, 6.45) is 0. The van der Waals surface area contributed by atoms with Crippen LogP contribution >= 0.6 is 11.3 Å². The zero-order chi connectivity index (χ0) is 17.6. The maximum absolute atomic E-state index is 12.2. The number of benzene rings is 1. The highest BCUT2D eigenvalue weighted by molar-refractivity contribution is 7.18. The predicted octanol–water partition coefficient (Wildman–Crippen LogP) is 3.11. The Hall–Kier alpha value is -2.51. The number of rotatable bonds is 4. The van der Waals surface area contributed by atoms with E-state index in [-0.39, 0.29) is 5.56 Å². The summed E-state index contributed by atoms with van der Waals surface area (Å²) in [5.41, 5.74) is 3.14. The van der Waals surface area contributed by atoms with Crippen LogP contribution in [0.25, 0.3) is 21.3 Å². The first-order chi connectivity index (χ1) is 12.0. The van der Waals surface area contributed by atoms with E-state index < -0.39 is 0 Å². The monoisotopic (exact) mass is 353 g/mol. The van der Waals surface area contributed by atoms with Gasteiger partial charge in [0, 0.05) is 4.88 Å². The molecule has 0 aliphatic carbocycles. The number of thiophene rings is 1. The standard InChI is InChI=1S/C18H19N5OS/c1-10-5-4-6-13-16(10)20-14(19-13)8-23(3)9-15-21-17(24)12-7-11(2)25-18(12)22-15/h4-7H,8-9H2,1-3H3,(H,19,20)(H,21,22,24). The number of para-hydroxylation sites is 1. The summed E-state index contributed by atoms with van der Waals surface area (Å²) in [6.45, 7) is 5.25. The number of fused-ring (bicyclic) bond motifs is 2. The van der Waals surface area contributed by atoms with Crippen molar-refractivity contribution in [3.63, 3.8) is 0 Å². The molecule has 6 nitrogen and oxygen atoms in total. The number of aromatic nitrogens is 4. The zero-order valence-corrected chi connectivity index (χ0v) is 15.2. The number of hydrogen-bond donors (Lipinski definition) is 2. The summed E-state index contributed by atoms with van der Waals surface area (Å²) < 4.78 is 0. The van der Waals surface area contributed by atoms with Gasteiger partial charge in [0.05, 0.1) is 29.5 Å². The van der Waals surface area contributed by atoms with Gasteiger partial charge in [-0.1, -0.05) is 12.1 Å². The van der Waals surface area contributed by atoms with E-state index in [9.17, 15) is 4.79 Å². The average molecular weight is 353 g/mol. The van der Waals surface area contributed by atoms with Crippen molar-refractivity contribution in [1.29, 1.82) is 0 Å². The molecule has 0 bridgehead atoms. The maximum Gasteiger partial charge on any atom is 0.259 e. The molecule has 128 valence electrons. The Morgan fingerprint density at radius 1 is 1.12 bits per heavy atom. The second kappa shape index (κ2) is 6.09. The second-order valence-corrected chi connectivity index (χ2v) is 7.65. The second-order valence-electron chi connectivity index (χ2n) is 6.42. The van der Waals surface area contributed by atoms with Crippen molar-refractivity contribution < 1.29 is 0 Å². The summed E-state index contributed by atoms with van der Waals surface area (Å²) in [6, 6.07) is 8.00. The highest BCUT2D eigenvalue weighted by atomic mass is 32.1. The number of aryl methyl sites for hydroxylation is 2. The van der Waals surface area contributed by atoms with Gasteiger partial charge in [0.15, 0.2) is 0 Å². The molecule has 0 fully saturated rings. The molecule has 3 heterocycles. The van der Waals surface area contributed by atoms with Crippen LogP contribution in [0.15, 0.2) is 29.1 Å². The van der Waals surface area contributed by atoms with Crippen LogP contribution in [0.3, 0.4) is 0 Å². The van der Waals surface area contributed by atoms with Gasteiger partial charge in [-0.25, -0.2) is 9.97 Å². The van der Waals surface area contributed by atoms with Gasteiger partial charge in [-0.15, -0.1) is 11.3 Å². The Balaban J connectivity index is 1.56. The molecule has 0 radical (unpaired) electrons. The summed E-state index contributed by atoms with van der Waals surface area (Å²) in [5.74, 6) is 1.58. The van der Waals surface area contributed by atoms with E-state index in [0.717, 1.165) is 32.1 Å². The first-order valence-electron chi connectivity index (χ1n) is 8.11. The first kappa shape index (κ1) is 16.0. The number of hydrogen-bond acceptors (Lipinski definition) is 5. The molecule has 7 heteroatoms. The molecule has 25 heavy (non-hydrogen) atoms. The normalized spacial score (nSPS) is 11.8. The Morgan fingerprint density at radius 2 is 1.88 bits per heavy atom. The van der Waals surface area contributed by atoms with Crippen LogP contribution in [0.4, 0.5) is 0 Å². The Kier molecular flexibility index (Phi) is 3.89. The van der Waals surface area contributed by atoms with Gasteiger partial charge < -0.3 is 9.97 Å². The maximum atomic E-state index is 12.2. The van der Waals surface area contributed by atoms with Crippen molar-refractivity contribution in [1.82, 2.24) is 24.8 Å². The Labute approximate surface area is 148 Å². The topological polar surface area (TPSA) is 77.7 Å². The van der Waals surface area contributed by atoms with Crippen molar-refractivity contribution in [2.45, 2.75) is 26.9 Å². The molecule has 0 unspecified atom stereocenters. The van der Waals surface area contributed by atoms with Crippen LogP contribution in [-0.4, -0.2) is 31.9 Å². The summed E-state index contributed by atoms with van der Waals surface area (Å²) in [4.78, 5) is 31.7. The van der Waals surface area contributed by atoms with Crippen LogP contribution in [0.5, 0.6) is 0 Å². The van der Waals surface area contributed by atoms with Crippen molar-refractivity contribution in [3.8, 4) is 0 Å². The molecule has 4 rings (SSSR count). The lowest BCUT2D eigenvalue weighted by atomic mass is 10.2. The molecular formula is C18H19N5OS. The van der Waals surface area contributed by atoms with E-state index in [1.165, 1.54) is 0 Å². The fraction of sp³-hybridized carbons (Fsp3) is 0.278. The van der Waals surface area contributed by atoms with Gasteiger partial charge >= 0.3 is 0 Å². The molecule has 0 spiro atoms. The molecule has 3 aromatic heterocycles. The molecule has 0 aliphatic rings. The van der Waals surface area contributed by atoms with Crippen LogP contribution in [0, 0.1) is 13.8 Å². The SMILES string of the molecule is Cc1cc2c(=O)[nH]c(CN(C)Cc3nc4c(C)cccc4[nH]3)nc2s1. The van der Waals surface area contributed by atoms with E-state index in [0.29, 0.717) is 24.3 Å². The highest BCUT2D eigenvalue weighted by Crippen LogP contribution is 2.20. The lowest BCUT2D eigenvalue weighted by molar-refractivity contribution is 0.304. The fourth-order valence-corrected chi connectivity index (χ4v) is 3.94. The van der Waals surface area contributed by atoms with Gasteiger partial charge in [0.2, 0.25) is 0 Å². The average Bonchev–Trinajstić information content (AvgIpc) is 3.10. The number of nitrogens with one attached hydrogen (secondary N) is 2. The molecule has 4 aromatic rings. The van der Waals surface area contributed by atoms with Gasteiger partial charge in [-0.05, 0) is 38.6 Å². The number of aromatic amines is 2.